The molecule has 0 saturated carbocycles. The smallest absolute Gasteiger partial charge is 0.261 e. The molecule has 0 saturated heterocycles. The summed E-state index contributed by atoms with van der Waals surface area (Å²) < 4.78 is 12.8. The van der Waals surface area contributed by atoms with E-state index in [0.29, 0.717) is 11.4 Å². The normalized spacial score (nSPS) is 10.3. The molecule has 18 heavy (non-hydrogen) atoms. The Balaban J connectivity index is 2.15. The van der Waals surface area contributed by atoms with Gasteiger partial charge < -0.3 is 5.32 Å². The lowest BCUT2D eigenvalue weighted by Crippen LogP contribution is -2.22. The quantitative estimate of drug-likeness (QED) is 0.895. The number of nitrogens with one attached hydrogen (secondary N) is 1. The number of thiophene rings is 1. The Morgan fingerprint density at radius 3 is 2.61 bits per heavy atom. The molecule has 0 aliphatic carbocycles. The summed E-state index contributed by atoms with van der Waals surface area (Å²) in [5, 5.41) is 2.83. The fourth-order valence-electron chi connectivity index (χ4n) is 1.55. The average molecular weight is 263 g/mol. The van der Waals surface area contributed by atoms with Gasteiger partial charge in [0, 0.05) is 11.4 Å². The van der Waals surface area contributed by atoms with Crippen molar-refractivity contribution in [2.45, 2.75) is 13.3 Å². The molecule has 1 aromatic heterocycles. The van der Waals surface area contributed by atoms with E-state index in [2.05, 4.69) is 5.32 Å². The minimum Gasteiger partial charge on any atom is -0.351 e. The van der Waals surface area contributed by atoms with Gasteiger partial charge in [-0.3, -0.25) is 4.79 Å². The summed E-state index contributed by atoms with van der Waals surface area (Å²) in [7, 11) is 0. The summed E-state index contributed by atoms with van der Waals surface area (Å²) >= 11 is 1.42. The number of carbonyl (C=O) groups is 1. The molecule has 2 nitrogen and oxygen atoms in total. The van der Waals surface area contributed by atoms with E-state index in [4.69, 9.17) is 0 Å². The van der Waals surface area contributed by atoms with Gasteiger partial charge in [-0.2, -0.15) is 0 Å². The van der Waals surface area contributed by atoms with Crippen molar-refractivity contribution in [1.29, 1.82) is 0 Å². The average Bonchev–Trinajstić information content (AvgIpc) is 2.86. The van der Waals surface area contributed by atoms with Gasteiger partial charge in [0.2, 0.25) is 0 Å². The van der Waals surface area contributed by atoms with E-state index in [0.717, 1.165) is 16.9 Å². The van der Waals surface area contributed by atoms with Gasteiger partial charge in [-0.05, 0) is 36.2 Å². The van der Waals surface area contributed by atoms with E-state index < -0.39 is 0 Å². The van der Waals surface area contributed by atoms with Crippen molar-refractivity contribution >= 4 is 17.2 Å². The van der Waals surface area contributed by atoms with E-state index >= 15 is 0 Å². The fraction of sp³-hybridized carbons (Fsp3) is 0.214. The van der Waals surface area contributed by atoms with Crippen LogP contribution in [-0.2, 0) is 0 Å². The van der Waals surface area contributed by atoms with E-state index in [1.165, 1.54) is 23.5 Å². The van der Waals surface area contributed by atoms with Crippen LogP contribution < -0.4 is 5.32 Å². The molecule has 1 heterocycles. The highest BCUT2D eigenvalue weighted by Crippen LogP contribution is 2.28. The summed E-state index contributed by atoms with van der Waals surface area (Å²) in [6.45, 7) is 2.70. The number of benzene rings is 1. The van der Waals surface area contributed by atoms with Crippen LogP contribution in [0.25, 0.3) is 10.4 Å². The third-order valence-electron chi connectivity index (χ3n) is 2.49. The number of hydrogen-bond acceptors (Lipinski definition) is 2. The van der Waals surface area contributed by atoms with Crippen molar-refractivity contribution in [3.05, 3.63) is 47.1 Å². The van der Waals surface area contributed by atoms with E-state index in [9.17, 15) is 9.18 Å². The van der Waals surface area contributed by atoms with Gasteiger partial charge >= 0.3 is 0 Å². The second kappa shape index (κ2) is 5.78. The molecule has 0 fully saturated rings. The molecule has 2 aromatic rings. The highest BCUT2D eigenvalue weighted by Gasteiger charge is 2.09. The Bertz CT molecular complexity index is 533. The molecule has 94 valence electrons. The standard InChI is InChI=1S/C14H14FNOS/c1-2-9-16-14(17)13-8-7-12(18-13)10-3-5-11(15)6-4-10/h3-8H,2,9H2,1H3,(H,16,17). The molecule has 0 radical (unpaired) electrons. The van der Waals surface area contributed by atoms with Crippen molar-refractivity contribution < 1.29 is 9.18 Å². The summed E-state index contributed by atoms with van der Waals surface area (Å²) in [6.07, 6.45) is 0.919. The minimum atomic E-state index is -0.254. The van der Waals surface area contributed by atoms with Gasteiger partial charge in [0.15, 0.2) is 0 Å². The second-order valence-electron chi connectivity index (χ2n) is 3.93. The molecular weight excluding hydrogens is 249 g/mol. The van der Waals surface area contributed by atoms with Crippen molar-refractivity contribution in [1.82, 2.24) is 5.32 Å². The molecule has 2 rings (SSSR count). The van der Waals surface area contributed by atoms with Crippen LogP contribution >= 0.6 is 11.3 Å². The summed E-state index contributed by atoms with van der Waals surface area (Å²) in [5.41, 5.74) is 0.927. The first kappa shape index (κ1) is 12.8. The minimum absolute atomic E-state index is 0.0461. The first-order valence-corrected chi connectivity index (χ1v) is 6.66. The third-order valence-corrected chi connectivity index (χ3v) is 3.63. The van der Waals surface area contributed by atoms with Crippen molar-refractivity contribution in [3.8, 4) is 10.4 Å². The molecule has 0 unspecified atom stereocenters. The van der Waals surface area contributed by atoms with Crippen LogP contribution in [0.15, 0.2) is 36.4 Å². The summed E-state index contributed by atoms with van der Waals surface area (Å²) in [5.74, 6) is -0.300. The van der Waals surface area contributed by atoms with Gasteiger partial charge in [0.1, 0.15) is 5.82 Å². The number of amides is 1. The Hall–Kier alpha value is -1.68. The molecule has 1 aromatic carbocycles. The maximum atomic E-state index is 12.8. The van der Waals surface area contributed by atoms with Crippen LogP contribution in [0.3, 0.4) is 0 Å². The Morgan fingerprint density at radius 2 is 1.94 bits per heavy atom. The highest BCUT2D eigenvalue weighted by molar-refractivity contribution is 7.17. The lowest BCUT2D eigenvalue weighted by molar-refractivity contribution is 0.0957. The van der Waals surface area contributed by atoms with Crippen molar-refractivity contribution in [2.75, 3.05) is 6.54 Å². The highest BCUT2D eigenvalue weighted by atomic mass is 32.1. The second-order valence-corrected chi connectivity index (χ2v) is 5.01. The molecule has 0 bridgehead atoms. The largest absolute Gasteiger partial charge is 0.351 e. The van der Waals surface area contributed by atoms with E-state index in [1.807, 2.05) is 13.0 Å². The summed E-state index contributed by atoms with van der Waals surface area (Å²) in [4.78, 5) is 13.4. The van der Waals surface area contributed by atoms with Crippen LogP contribution in [0.4, 0.5) is 4.39 Å². The predicted octanol–water partition coefficient (Wildman–Crippen LogP) is 3.69. The van der Waals surface area contributed by atoms with Gasteiger partial charge in [-0.15, -0.1) is 11.3 Å². The fourth-order valence-corrected chi connectivity index (χ4v) is 2.48. The number of halogens is 1. The third kappa shape index (κ3) is 2.96. The zero-order valence-electron chi connectivity index (χ0n) is 10.1. The first-order chi connectivity index (χ1) is 8.70. The van der Waals surface area contributed by atoms with E-state index in [1.54, 1.807) is 18.2 Å². The monoisotopic (exact) mass is 263 g/mol. The molecule has 4 heteroatoms. The maximum Gasteiger partial charge on any atom is 0.261 e. The molecule has 0 aliphatic heterocycles. The molecule has 0 atom stereocenters. The SMILES string of the molecule is CCCNC(=O)c1ccc(-c2ccc(F)cc2)s1. The van der Waals surface area contributed by atoms with E-state index in [-0.39, 0.29) is 11.7 Å². The molecule has 1 amide bonds. The topological polar surface area (TPSA) is 29.1 Å². The van der Waals surface area contributed by atoms with Gasteiger partial charge in [0.05, 0.1) is 4.88 Å². The lowest BCUT2D eigenvalue weighted by atomic mass is 10.2. The molecule has 0 spiro atoms. The van der Waals surface area contributed by atoms with Crippen LogP contribution in [0.5, 0.6) is 0 Å². The number of rotatable bonds is 4. The maximum absolute atomic E-state index is 12.8. The molecule has 1 N–H and O–H groups in total. The van der Waals surface area contributed by atoms with Crippen molar-refractivity contribution in [3.63, 3.8) is 0 Å². The molecule has 0 aliphatic rings. The number of hydrogen-bond donors (Lipinski definition) is 1. The Kier molecular flexibility index (Phi) is 4.10. The van der Waals surface area contributed by atoms with Gasteiger partial charge in [-0.1, -0.05) is 19.1 Å². The van der Waals surface area contributed by atoms with Gasteiger partial charge in [-0.25, -0.2) is 4.39 Å². The zero-order valence-corrected chi connectivity index (χ0v) is 10.9. The van der Waals surface area contributed by atoms with Crippen LogP contribution in [0, 0.1) is 5.82 Å². The lowest BCUT2D eigenvalue weighted by Gasteiger charge is -2.00. The predicted molar refractivity (Wildman–Crippen MR) is 72.3 cm³/mol. The Morgan fingerprint density at radius 1 is 1.22 bits per heavy atom. The molecular formula is C14H14FNOS. The Labute approximate surface area is 109 Å². The van der Waals surface area contributed by atoms with Crippen LogP contribution in [0.2, 0.25) is 0 Å². The summed E-state index contributed by atoms with van der Waals surface area (Å²) in [6, 6.07) is 9.97. The van der Waals surface area contributed by atoms with Crippen molar-refractivity contribution in [2.24, 2.45) is 0 Å². The van der Waals surface area contributed by atoms with Crippen LogP contribution in [-0.4, -0.2) is 12.5 Å². The first-order valence-electron chi connectivity index (χ1n) is 5.84. The number of carbonyl (C=O) groups excluding carboxylic acids is 1. The zero-order chi connectivity index (χ0) is 13.0. The van der Waals surface area contributed by atoms with Gasteiger partial charge in [0.25, 0.3) is 5.91 Å². The van der Waals surface area contributed by atoms with Crippen LogP contribution in [0.1, 0.15) is 23.0 Å².